The third-order valence-corrected chi connectivity index (χ3v) is 4.74. The van der Waals surface area contributed by atoms with Gasteiger partial charge >= 0.3 is 0 Å². The Kier molecular flexibility index (Phi) is 4.18. The summed E-state index contributed by atoms with van der Waals surface area (Å²) >= 11 is 3.87. The van der Waals surface area contributed by atoms with Gasteiger partial charge in [0.2, 0.25) is 0 Å². The number of benzene rings is 1. The van der Waals surface area contributed by atoms with E-state index in [1.54, 1.807) is 0 Å². The second-order valence-corrected chi connectivity index (χ2v) is 5.76. The molecule has 2 aromatic rings. The summed E-state index contributed by atoms with van der Waals surface area (Å²) in [4.78, 5) is 4.41. The van der Waals surface area contributed by atoms with Crippen molar-refractivity contribution in [3.63, 3.8) is 0 Å². The van der Waals surface area contributed by atoms with Gasteiger partial charge in [-0.2, -0.15) is 0 Å². The lowest BCUT2D eigenvalue weighted by Crippen LogP contribution is -2.05. The Hall–Kier alpha value is -1.15. The molecule has 0 aliphatic heterocycles. The van der Waals surface area contributed by atoms with E-state index in [1.165, 1.54) is 22.3 Å². The van der Waals surface area contributed by atoms with Crippen molar-refractivity contribution < 1.29 is 0 Å². The van der Waals surface area contributed by atoms with E-state index in [0.29, 0.717) is 10.7 Å². The molecule has 18 heavy (non-hydrogen) atoms. The van der Waals surface area contributed by atoms with E-state index in [2.05, 4.69) is 72.0 Å². The van der Waals surface area contributed by atoms with Crippen LogP contribution in [-0.2, 0) is 0 Å². The largest absolute Gasteiger partial charge is 0.265 e. The van der Waals surface area contributed by atoms with Crippen LogP contribution in [0.25, 0.3) is 0 Å². The third kappa shape index (κ3) is 2.64. The number of rotatable bonds is 3. The van der Waals surface area contributed by atoms with E-state index in [1.807, 2.05) is 12.4 Å². The average molecular weight is 304 g/mol. The molecule has 2 atom stereocenters. The predicted octanol–water partition coefficient (Wildman–Crippen LogP) is 4.94. The number of hydrogen-bond acceptors (Lipinski definition) is 1. The Morgan fingerprint density at radius 1 is 1.00 bits per heavy atom. The van der Waals surface area contributed by atoms with Crippen molar-refractivity contribution in [3.8, 4) is 0 Å². The molecule has 0 spiro atoms. The smallest absolute Gasteiger partial charge is 0.0466 e. The van der Waals surface area contributed by atoms with E-state index in [9.17, 15) is 0 Å². The molecule has 2 unspecified atom stereocenters. The molecule has 94 valence electrons. The molecule has 0 aliphatic carbocycles. The molecule has 2 rings (SSSR count). The van der Waals surface area contributed by atoms with Crippen molar-refractivity contribution in [2.45, 2.75) is 31.5 Å². The Bertz CT molecular complexity index is 502. The van der Waals surface area contributed by atoms with Crippen LogP contribution >= 0.6 is 15.9 Å². The monoisotopic (exact) mass is 303 g/mol. The van der Waals surface area contributed by atoms with Crippen molar-refractivity contribution in [2.24, 2.45) is 0 Å². The van der Waals surface area contributed by atoms with Crippen LogP contribution in [0, 0.1) is 13.8 Å². The minimum Gasteiger partial charge on any atom is -0.265 e. The van der Waals surface area contributed by atoms with Gasteiger partial charge in [0.15, 0.2) is 0 Å². The first-order valence-corrected chi connectivity index (χ1v) is 7.13. The SMILES string of the molecule is Cc1cccc(C)c1C(Br)C(C)c1ccncc1. The quantitative estimate of drug-likeness (QED) is 0.732. The topological polar surface area (TPSA) is 12.9 Å². The predicted molar refractivity (Wildman–Crippen MR) is 80.2 cm³/mol. The number of aromatic nitrogens is 1. The lowest BCUT2D eigenvalue weighted by atomic mass is 9.90. The molecular weight excluding hydrogens is 286 g/mol. The molecule has 1 heterocycles. The van der Waals surface area contributed by atoms with Crippen LogP contribution in [0.4, 0.5) is 0 Å². The summed E-state index contributed by atoms with van der Waals surface area (Å²) in [5.74, 6) is 0.424. The number of hydrogen-bond donors (Lipinski definition) is 0. The highest BCUT2D eigenvalue weighted by molar-refractivity contribution is 9.09. The van der Waals surface area contributed by atoms with Crippen LogP contribution in [0.2, 0.25) is 0 Å². The second kappa shape index (κ2) is 5.66. The highest BCUT2D eigenvalue weighted by atomic mass is 79.9. The van der Waals surface area contributed by atoms with E-state index in [0.717, 1.165) is 0 Å². The van der Waals surface area contributed by atoms with Crippen LogP contribution in [0.1, 0.15) is 39.9 Å². The molecule has 0 saturated heterocycles. The molecule has 1 nitrogen and oxygen atoms in total. The zero-order chi connectivity index (χ0) is 13.1. The van der Waals surface area contributed by atoms with Crippen molar-refractivity contribution in [3.05, 3.63) is 65.0 Å². The number of halogens is 1. The zero-order valence-corrected chi connectivity index (χ0v) is 12.6. The van der Waals surface area contributed by atoms with Crippen LogP contribution in [0.3, 0.4) is 0 Å². The van der Waals surface area contributed by atoms with Crippen molar-refractivity contribution in [1.82, 2.24) is 4.98 Å². The van der Waals surface area contributed by atoms with Crippen molar-refractivity contribution >= 4 is 15.9 Å². The maximum Gasteiger partial charge on any atom is 0.0466 e. The summed E-state index contributed by atoms with van der Waals surface area (Å²) in [6.07, 6.45) is 3.71. The molecule has 1 aromatic carbocycles. The number of aryl methyl sites for hydroxylation is 2. The van der Waals surface area contributed by atoms with Crippen LogP contribution in [-0.4, -0.2) is 4.98 Å². The van der Waals surface area contributed by atoms with Crippen molar-refractivity contribution in [1.29, 1.82) is 0 Å². The van der Waals surface area contributed by atoms with Gasteiger partial charge in [0.05, 0.1) is 0 Å². The summed E-state index contributed by atoms with van der Waals surface area (Å²) in [6, 6.07) is 10.6. The third-order valence-electron chi connectivity index (χ3n) is 3.49. The first-order chi connectivity index (χ1) is 8.61. The van der Waals surface area contributed by atoms with Crippen LogP contribution < -0.4 is 0 Å². The molecule has 0 bridgehead atoms. The van der Waals surface area contributed by atoms with Gasteiger partial charge in [0, 0.05) is 17.2 Å². The summed E-state index contributed by atoms with van der Waals surface area (Å²) in [5, 5.41) is 0. The Balaban J connectivity index is 2.34. The van der Waals surface area contributed by atoms with Gasteiger partial charge in [0.25, 0.3) is 0 Å². The van der Waals surface area contributed by atoms with Gasteiger partial charge in [-0.15, -0.1) is 0 Å². The molecule has 0 N–H and O–H groups in total. The second-order valence-electron chi connectivity index (χ2n) is 4.78. The van der Waals surface area contributed by atoms with E-state index in [-0.39, 0.29) is 0 Å². The zero-order valence-electron chi connectivity index (χ0n) is 11.0. The van der Waals surface area contributed by atoms with E-state index in [4.69, 9.17) is 0 Å². The first kappa shape index (κ1) is 13.3. The summed E-state index contributed by atoms with van der Waals surface area (Å²) in [7, 11) is 0. The maximum absolute atomic E-state index is 4.08. The highest BCUT2D eigenvalue weighted by Gasteiger charge is 2.20. The summed E-state index contributed by atoms with van der Waals surface area (Å²) < 4.78 is 0. The first-order valence-electron chi connectivity index (χ1n) is 6.21. The van der Waals surface area contributed by atoms with Crippen LogP contribution in [0.5, 0.6) is 0 Å². The van der Waals surface area contributed by atoms with Crippen molar-refractivity contribution in [2.75, 3.05) is 0 Å². The number of nitrogens with zero attached hydrogens (tertiary/aromatic N) is 1. The summed E-state index contributed by atoms with van der Waals surface area (Å²) in [6.45, 7) is 6.60. The van der Waals surface area contributed by atoms with Gasteiger partial charge < -0.3 is 0 Å². The Morgan fingerprint density at radius 3 is 2.11 bits per heavy atom. The maximum atomic E-state index is 4.08. The molecule has 2 heteroatoms. The fourth-order valence-corrected chi connectivity index (χ4v) is 3.38. The Labute approximate surface area is 117 Å². The fraction of sp³-hybridized carbons (Fsp3) is 0.312. The molecular formula is C16H18BrN. The Morgan fingerprint density at radius 2 is 1.56 bits per heavy atom. The standard InChI is InChI=1S/C16H18BrN/c1-11-5-4-6-12(2)15(11)16(17)13(3)14-7-9-18-10-8-14/h4-10,13,16H,1-3H3. The van der Waals surface area contributed by atoms with Gasteiger partial charge in [-0.1, -0.05) is 41.1 Å². The van der Waals surface area contributed by atoms with E-state index >= 15 is 0 Å². The van der Waals surface area contributed by atoms with Gasteiger partial charge in [-0.05, 0) is 54.2 Å². The molecule has 0 radical (unpaired) electrons. The lowest BCUT2D eigenvalue weighted by molar-refractivity contribution is 0.742. The van der Waals surface area contributed by atoms with Gasteiger partial charge in [-0.3, -0.25) is 4.98 Å². The van der Waals surface area contributed by atoms with Crippen LogP contribution in [0.15, 0.2) is 42.7 Å². The minimum absolute atomic E-state index is 0.334. The molecule has 1 aromatic heterocycles. The number of pyridine rings is 1. The fourth-order valence-electron chi connectivity index (χ4n) is 2.35. The van der Waals surface area contributed by atoms with Gasteiger partial charge in [-0.25, -0.2) is 0 Å². The average Bonchev–Trinajstić information content (AvgIpc) is 2.38. The summed E-state index contributed by atoms with van der Waals surface area (Å²) in [5.41, 5.74) is 5.41. The minimum atomic E-state index is 0.334. The van der Waals surface area contributed by atoms with Gasteiger partial charge in [0.1, 0.15) is 0 Å². The molecule has 0 aliphatic rings. The number of alkyl halides is 1. The van der Waals surface area contributed by atoms with E-state index < -0.39 is 0 Å². The lowest BCUT2D eigenvalue weighted by Gasteiger charge is -2.22. The highest BCUT2D eigenvalue weighted by Crippen LogP contribution is 2.40. The normalized spacial score (nSPS) is 14.2. The molecule has 0 amide bonds. The molecule has 0 fully saturated rings. The molecule has 0 saturated carbocycles.